The smallest absolute Gasteiger partial charge is 0.251 e. The van der Waals surface area contributed by atoms with Crippen molar-refractivity contribution in [2.75, 3.05) is 40.0 Å². The highest BCUT2D eigenvalue weighted by molar-refractivity contribution is 5.94. The molecular formula is C20H23FN2O3. The van der Waals surface area contributed by atoms with Gasteiger partial charge in [-0.25, -0.2) is 4.39 Å². The molecular weight excluding hydrogens is 335 g/mol. The molecule has 1 aliphatic heterocycles. The highest BCUT2D eigenvalue weighted by Gasteiger charge is 2.23. The molecule has 0 aliphatic carbocycles. The minimum atomic E-state index is -0.419. The van der Waals surface area contributed by atoms with Crippen molar-refractivity contribution in [2.24, 2.45) is 0 Å². The van der Waals surface area contributed by atoms with Gasteiger partial charge in [0, 0.05) is 25.2 Å². The molecule has 1 unspecified atom stereocenters. The van der Waals surface area contributed by atoms with Gasteiger partial charge in [0.1, 0.15) is 11.6 Å². The Balaban J connectivity index is 1.73. The van der Waals surface area contributed by atoms with E-state index in [4.69, 9.17) is 9.47 Å². The summed E-state index contributed by atoms with van der Waals surface area (Å²) in [7, 11) is 1.63. The van der Waals surface area contributed by atoms with E-state index in [0.717, 1.165) is 24.4 Å². The topological polar surface area (TPSA) is 50.8 Å². The largest absolute Gasteiger partial charge is 0.497 e. The van der Waals surface area contributed by atoms with Crippen molar-refractivity contribution in [2.45, 2.75) is 6.04 Å². The Morgan fingerprint density at radius 2 is 1.96 bits per heavy atom. The summed E-state index contributed by atoms with van der Waals surface area (Å²) in [4.78, 5) is 14.7. The number of halogens is 1. The average Bonchev–Trinajstić information content (AvgIpc) is 2.69. The molecule has 0 spiro atoms. The molecule has 1 fully saturated rings. The van der Waals surface area contributed by atoms with E-state index in [9.17, 15) is 9.18 Å². The fourth-order valence-electron chi connectivity index (χ4n) is 3.09. The maximum Gasteiger partial charge on any atom is 0.251 e. The number of carbonyl (C=O) groups excluding carboxylic acids is 1. The Labute approximate surface area is 152 Å². The molecule has 1 heterocycles. The third-order valence-electron chi connectivity index (χ3n) is 4.53. The molecule has 0 radical (unpaired) electrons. The lowest BCUT2D eigenvalue weighted by atomic mass is 10.0. The second-order valence-corrected chi connectivity index (χ2v) is 6.16. The number of carbonyl (C=O) groups is 1. The van der Waals surface area contributed by atoms with E-state index in [-0.39, 0.29) is 11.9 Å². The number of methoxy groups -OCH3 is 1. The molecule has 1 saturated heterocycles. The van der Waals surface area contributed by atoms with Crippen LogP contribution in [0.15, 0.2) is 48.5 Å². The van der Waals surface area contributed by atoms with Gasteiger partial charge in [0.2, 0.25) is 0 Å². The van der Waals surface area contributed by atoms with E-state index in [0.29, 0.717) is 25.3 Å². The number of ether oxygens (including phenoxy) is 2. The maximum absolute atomic E-state index is 13.3. The van der Waals surface area contributed by atoms with Gasteiger partial charge in [0.15, 0.2) is 0 Å². The summed E-state index contributed by atoms with van der Waals surface area (Å²) in [5.74, 6) is 0.0899. The van der Waals surface area contributed by atoms with Crippen molar-refractivity contribution in [1.82, 2.24) is 10.2 Å². The van der Waals surface area contributed by atoms with Crippen LogP contribution >= 0.6 is 0 Å². The zero-order chi connectivity index (χ0) is 18.4. The Morgan fingerprint density at radius 1 is 1.23 bits per heavy atom. The van der Waals surface area contributed by atoms with E-state index < -0.39 is 5.82 Å². The number of hydrogen-bond acceptors (Lipinski definition) is 4. The first-order chi connectivity index (χ1) is 12.7. The van der Waals surface area contributed by atoms with Crippen molar-refractivity contribution in [3.05, 3.63) is 65.5 Å². The monoisotopic (exact) mass is 358 g/mol. The first-order valence-corrected chi connectivity index (χ1v) is 8.67. The highest BCUT2D eigenvalue weighted by atomic mass is 19.1. The number of morpholine rings is 1. The first-order valence-electron chi connectivity index (χ1n) is 8.67. The van der Waals surface area contributed by atoms with Gasteiger partial charge in [0.05, 0.1) is 26.4 Å². The molecule has 26 heavy (non-hydrogen) atoms. The van der Waals surface area contributed by atoms with Gasteiger partial charge in [-0.15, -0.1) is 0 Å². The number of nitrogens with one attached hydrogen (secondary N) is 1. The highest BCUT2D eigenvalue weighted by Crippen LogP contribution is 2.23. The van der Waals surface area contributed by atoms with Gasteiger partial charge in [-0.2, -0.15) is 0 Å². The summed E-state index contributed by atoms with van der Waals surface area (Å²) in [5, 5.41) is 2.93. The second kappa shape index (κ2) is 8.78. The van der Waals surface area contributed by atoms with E-state index >= 15 is 0 Å². The number of rotatable bonds is 6. The maximum atomic E-state index is 13.3. The molecule has 2 aromatic carbocycles. The molecule has 1 N–H and O–H groups in total. The van der Waals surface area contributed by atoms with Crippen LogP contribution in [0, 0.1) is 5.82 Å². The lowest BCUT2D eigenvalue weighted by Gasteiger charge is -2.35. The molecule has 0 saturated carbocycles. The normalized spacial score (nSPS) is 16.1. The van der Waals surface area contributed by atoms with Crippen LogP contribution < -0.4 is 10.1 Å². The van der Waals surface area contributed by atoms with Crippen LogP contribution in [0.4, 0.5) is 4.39 Å². The minimum Gasteiger partial charge on any atom is -0.497 e. The quantitative estimate of drug-likeness (QED) is 0.863. The number of amides is 1. The molecule has 1 atom stereocenters. The molecule has 2 aromatic rings. The summed E-state index contributed by atoms with van der Waals surface area (Å²) in [6.45, 7) is 3.37. The first kappa shape index (κ1) is 18.4. The summed E-state index contributed by atoms with van der Waals surface area (Å²) >= 11 is 0. The summed E-state index contributed by atoms with van der Waals surface area (Å²) < 4.78 is 24.0. The van der Waals surface area contributed by atoms with Crippen LogP contribution in [0.5, 0.6) is 5.75 Å². The van der Waals surface area contributed by atoms with Crippen LogP contribution in [0.2, 0.25) is 0 Å². The molecule has 3 rings (SSSR count). The van der Waals surface area contributed by atoms with Crippen molar-refractivity contribution in [3.8, 4) is 5.75 Å². The zero-order valence-corrected chi connectivity index (χ0v) is 14.8. The molecule has 0 aromatic heterocycles. The Hall–Kier alpha value is -2.44. The van der Waals surface area contributed by atoms with Crippen LogP contribution in [0.1, 0.15) is 22.0 Å². The molecule has 138 valence electrons. The van der Waals surface area contributed by atoms with E-state index in [2.05, 4.69) is 10.2 Å². The van der Waals surface area contributed by atoms with Gasteiger partial charge in [-0.1, -0.05) is 18.2 Å². The van der Waals surface area contributed by atoms with Gasteiger partial charge < -0.3 is 14.8 Å². The summed E-state index contributed by atoms with van der Waals surface area (Å²) in [6, 6.07) is 13.6. The van der Waals surface area contributed by atoms with Crippen LogP contribution in [-0.2, 0) is 4.74 Å². The lowest BCUT2D eigenvalue weighted by Crippen LogP contribution is -2.43. The Kier molecular flexibility index (Phi) is 6.20. The van der Waals surface area contributed by atoms with Crippen molar-refractivity contribution < 1.29 is 18.7 Å². The van der Waals surface area contributed by atoms with Gasteiger partial charge >= 0.3 is 0 Å². The average molecular weight is 358 g/mol. The minimum absolute atomic E-state index is 0.0160. The fourth-order valence-corrected chi connectivity index (χ4v) is 3.09. The van der Waals surface area contributed by atoms with Crippen molar-refractivity contribution in [1.29, 1.82) is 0 Å². The number of benzene rings is 2. The summed E-state index contributed by atoms with van der Waals surface area (Å²) in [5.41, 5.74) is 1.41. The van der Waals surface area contributed by atoms with Crippen LogP contribution in [-0.4, -0.2) is 50.8 Å². The lowest BCUT2D eigenvalue weighted by molar-refractivity contribution is 0.0162. The predicted octanol–water partition coefficient (Wildman–Crippen LogP) is 2.64. The Bertz CT molecular complexity index is 730. The van der Waals surface area contributed by atoms with E-state index in [1.54, 1.807) is 13.2 Å². The standard InChI is InChI=1S/C20H23FN2O3/c1-25-18-7-5-15(6-8-18)19(23-9-11-26-12-10-23)14-22-20(24)16-3-2-4-17(21)13-16/h2-8,13,19H,9-12,14H2,1H3,(H,22,24). The van der Waals surface area contributed by atoms with Crippen molar-refractivity contribution in [3.63, 3.8) is 0 Å². The number of hydrogen-bond donors (Lipinski definition) is 1. The van der Waals surface area contributed by atoms with Crippen LogP contribution in [0.25, 0.3) is 0 Å². The Morgan fingerprint density at radius 3 is 2.62 bits per heavy atom. The fraction of sp³-hybridized carbons (Fsp3) is 0.350. The summed E-state index contributed by atoms with van der Waals surface area (Å²) in [6.07, 6.45) is 0. The molecule has 1 amide bonds. The molecule has 6 heteroatoms. The number of nitrogens with zero attached hydrogens (tertiary/aromatic N) is 1. The SMILES string of the molecule is COc1ccc(C(CNC(=O)c2cccc(F)c2)N2CCOCC2)cc1. The predicted molar refractivity (Wildman–Crippen MR) is 96.9 cm³/mol. The van der Waals surface area contributed by atoms with Gasteiger partial charge in [-0.3, -0.25) is 9.69 Å². The van der Waals surface area contributed by atoms with E-state index in [1.165, 1.54) is 18.2 Å². The van der Waals surface area contributed by atoms with Gasteiger partial charge in [0.25, 0.3) is 5.91 Å². The van der Waals surface area contributed by atoms with Gasteiger partial charge in [-0.05, 0) is 35.9 Å². The van der Waals surface area contributed by atoms with Crippen molar-refractivity contribution >= 4 is 5.91 Å². The van der Waals surface area contributed by atoms with E-state index in [1.807, 2.05) is 24.3 Å². The molecule has 0 bridgehead atoms. The third kappa shape index (κ3) is 4.59. The van der Waals surface area contributed by atoms with Crippen LogP contribution in [0.3, 0.4) is 0 Å². The molecule has 5 nitrogen and oxygen atoms in total. The molecule has 1 aliphatic rings. The third-order valence-corrected chi connectivity index (χ3v) is 4.53. The second-order valence-electron chi connectivity index (χ2n) is 6.16. The zero-order valence-electron chi connectivity index (χ0n) is 14.8.